The maximum Gasteiger partial charge on any atom is 0.223 e. The number of hydrogen-bond acceptors (Lipinski definition) is 4. The molecule has 5 heteroatoms. The Balaban J connectivity index is 1.77. The Bertz CT molecular complexity index is 1030. The highest BCUT2D eigenvalue weighted by molar-refractivity contribution is 5.84. The molecule has 1 fully saturated rings. The fraction of sp³-hybridized carbons (Fsp3) is 0.423. The average molecular weight is 421 g/mol. The van der Waals surface area contributed by atoms with E-state index in [1.807, 2.05) is 32.0 Å². The molecule has 0 saturated carbocycles. The van der Waals surface area contributed by atoms with E-state index in [4.69, 9.17) is 9.47 Å². The Morgan fingerprint density at radius 1 is 1.06 bits per heavy atom. The topological polar surface area (TPSA) is 50.8 Å². The lowest BCUT2D eigenvalue weighted by Crippen LogP contribution is -2.68. The van der Waals surface area contributed by atoms with E-state index < -0.39 is 5.66 Å². The molecule has 1 saturated heterocycles. The van der Waals surface area contributed by atoms with Gasteiger partial charge in [-0.2, -0.15) is 0 Å². The minimum Gasteiger partial charge on any atom is -0.490 e. The third-order valence-corrected chi connectivity index (χ3v) is 6.47. The van der Waals surface area contributed by atoms with Gasteiger partial charge in [-0.25, -0.2) is 0 Å². The van der Waals surface area contributed by atoms with E-state index in [1.165, 1.54) is 16.8 Å². The number of carbonyl (C=O) groups is 1. The summed E-state index contributed by atoms with van der Waals surface area (Å²) < 4.78 is 11.5. The Labute approximate surface area is 185 Å². The zero-order valence-electron chi connectivity index (χ0n) is 19.1. The van der Waals surface area contributed by atoms with Crippen molar-refractivity contribution in [2.75, 3.05) is 24.7 Å². The van der Waals surface area contributed by atoms with Crippen LogP contribution in [0.2, 0.25) is 0 Å². The molecule has 1 N–H and O–H groups in total. The van der Waals surface area contributed by atoms with Crippen LogP contribution in [0.4, 0.5) is 5.69 Å². The number of hydrogen-bond donors (Lipinski definition) is 1. The number of fused-ring (bicyclic) bond motifs is 3. The molecule has 1 amide bonds. The van der Waals surface area contributed by atoms with Crippen LogP contribution in [-0.2, 0) is 10.2 Å². The lowest BCUT2D eigenvalue weighted by atomic mass is 9.74. The molecule has 2 aliphatic rings. The highest BCUT2D eigenvalue weighted by atomic mass is 16.5. The van der Waals surface area contributed by atoms with Crippen molar-refractivity contribution in [3.05, 3.63) is 59.2 Å². The molecule has 31 heavy (non-hydrogen) atoms. The standard InChI is InChI=1S/C26H32N2O3/c1-6-30-22-11-9-19(17-23(22)31-7-2)12-14-26-25(4,5)20-16-18(3)8-10-21(20)28(26)15-13-24(29)27-26/h8-12,14,16-17H,6-7,13,15H2,1-5H3,(H,27,29). The third-order valence-electron chi connectivity index (χ3n) is 6.47. The number of nitrogens with zero attached hydrogens (tertiary/aromatic N) is 1. The van der Waals surface area contributed by atoms with Gasteiger partial charge in [-0.15, -0.1) is 0 Å². The van der Waals surface area contributed by atoms with Crippen molar-refractivity contribution in [1.29, 1.82) is 0 Å². The summed E-state index contributed by atoms with van der Waals surface area (Å²) in [5.41, 5.74) is 3.77. The predicted molar refractivity (Wildman–Crippen MR) is 125 cm³/mol. The zero-order valence-corrected chi connectivity index (χ0v) is 19.1. The summed E-state index contributed by atoms with van der Waals surface area (Å²) in [4.78, 5) is 14.9. The number of anilines is 1. The lowest BCUT2D eigenvalue weighted by molar-refractivity contribution is -0.124. The second-order valence-corrected chi connectivity index (χ2v) is 8.77. The van der Waals surface area contributed by atoms with Crippen molar-refractivity contribution in [3.63, 3.8) is 0 Å². The van der Waals surface area contributed by atoms with Gasteiger partial charge in [0.25, 0.3) is 0 Å². The van der Waals surface area contributed by atoms with E-state index in [-0.39, 0.29) is 11.3 Å². The summed E-state index contributed by atoms with van der Waals surface area (Å²) in [5, 5.41) is 3.33. The third kappa shape index (κ3) is 3.46. The summed E-state index contributed by atoms with van der Waals surface area (Å²) in [6, 6.07) is 12.5. The number of amides is 1. The van der Waals surface area contributed by atoms with Gasteiger partial charge in [-0.1, -0.05) is 43.7 Å². The monoisotopic (exact) mass is 420 g/mol. The molecule has 1 unspecified atom stereocenters. The molecule has 2 aromatic carbocycles. The molecule has 0 aromatic heterocycles. The number of ether oxygens (including phenoxy) is 2. The second kappa shape index (κ2) is 7.95. The van der Waals surface area contributed by atoms with Crippen LogP contribution in [0.3, 0.4) is 0 Å². The van der Waals surface area contributed by atoms with Gasteiger partial charge >= 0.3 is 0 Å². The molecule has 1 atom stereocenters. The predicted octanol–water partition coefficient (Wildman–Crippen LogP) is 4.82. The normalized spacial score (nSPS) is 21.6. The van der Waals surface area contributed by atoms with Crippen molar-refractivity contribution >= 4 is 17.7 Å². The highest BCUT2D eigenvalue weighted by Gasteiger charge is 2.57. The van der Waals surface area contributed by atoms with Crippen LogP contribution in [0, 0.1) is 6.92 Å². The summed E-state index contributed by atoms with van der Waals surface area (Å²) in [5.74, 6) is 1.56. The van der Waals surface area contributed by atoms with Gasteiger partial charge in [0, 0.05) is 24.1 Å². The molecule has 2 aromatic rings. The summed E-state index contributed by atoms with van der Waals surface area (Å²) in [6.45, 7) is 12.3. The number of benzene rings is 2. The molecule has 0 spiro atoms. The Kier molecular flexibility index (Phi) is 5.46. The number of nitrogens with one attached hydrogen (secondary N) is 1. The smallest absolute Gasteiger partial charge is 0.223 e. The van der Waals surface area contributed by atoms with E-state index in [1.54, 1.807) is 0 Å². The quantitative estimate of drug-likeness (QED) is 0.728. The van der Waals surface area contributed by atoms with Crippen molar-refractivity contribution in [3.8, 4) is 11.5 Å². The summed E-state index contributed by atoms with van der Waals surface area (Å²) in [7, 11) is 0. The van der Waals surface area contributed by atoms with Gasteiger partial charge in [0.15, 0.2) is 11.5 Å². The fourth-order valence-corrected chi connectivity index (χ4v) is 4.86. The summed E-state index contributed by atoms with van der Waals surface area (Å²) in [6.07, 6.45) is 4.72. The van der Waals surface area contributed by atoms with Crippen molar-refractivity contribution in [2.45, 2.75) is 52.1 Å². The number of rotatable bonds is 6. The van der Waals surface area contributed by atoms with Crippen LogP contribution >= 0.6 is 0 Å². The molecule has 2 heterocycles. The molecular formula is C26H32N2O3. The zero-order chi connectivity index (χ0) is 22.2. The van der Waals surface area contributed by atoms with Crippen molar-refractivity contribution in [2.24, 2.45) is 0 Å². The van der Waals surface area contributed by atoms with Gasteiger partial charge in [0.2, 0.25) is 5.91 Å². The fourth-order valence-electron chi connectivity index (χ4n) is 4.86. The molecule has 5 nitrogen and oxygen atoms in total. The largest absolute Gasteiger partial charge is 0.490 e. The van der Waals surface area contributed by atoms with Crippen LogP contribution in [0.15, 0.2) is 42.5 Å². The first-order chi connectivity index (χ1) is 14.8. The van der Waals surface area contributed by atoms with Crippen LogP contribution in [-0.4, -0.2) is 31.3 Å². The highest BCUT2D eigenvalue weighted by Crippen LogP contribution is 2.52. The molecule has 0 radical (unpaired) electrons. The van der Waals surface area contributed by atoms with E-state index in [0.717, 1.165) is 17.1 Å². The van der Waals surface area contributed by atoms with E-state index in [2.05, 4.69) is 61.3 Å². The molecule has 4 rings (SSSR count). The van der Waals surface area contributed by atoms with Gasteiger partial charge in [-0.05, 0) is 56.2 Å². The first-order valence-electron chi connectivity index (χ1n) is 11.1. The van der Waals surface area contributed by atoms with E-state index >= 15 is 0 Å². The lowest BCUT2D eigenvalue weighted by Gasteiger charge is -2.49. The van der Waals surface area contributed by atoms with Crippen LogP contribution in [0.1, 0.15) is 50.8 Å². The van der Waals surface area contributed by atoms with E-state index in [0.29, 0.717) is 26.2 Å². The summed E-state index contributed by atoms with van der Waals surface area (Å²) >= 11 is 0. The van der Waals surface area contributed by atoms with Crippen LogP contribution in [0.25, 0.3) is 6.08 Å². The van der Waals surface area contributed by atoms with Gasteiger partial charge in [0.05, 0.1) is 13.2 Å². The van der Waals surface area contributed by atoms with Crippen molar-refractivity contribution in [1.82, 2.24) is 5.32 Å². The Morgan fingerprint density at radius 2 is 1.81 bits per heavy atom. The molecule has 164 valence electrons. The molecule has 2 aliphatic heterocycles. The van der Waals surface area contributed by atoms with E-state index in [9.17, 15) is 4.79 Å². The maximum absolute atomic E-state index is 12.6. The Hall–Kier alpha value is -2.95. The van der Waals surface area contributed by atoms with Gasteiger partial charge in [0.1, 0.15) is 5.66 Å². The van der Waals surface area contributed by atoms with Crippen LogP contribution in [0.5, 0.6) is 11.5 Å². The maximum atomic E-state index is 12.6. The minimum absolute atomic E-state index is 0.0835. The Morgan fingerprint density at radius 3 is 2.55 bits per heavy atom. The molecule has 0 aliphatic carbocycles. The number of carbonyl (C=O) groups excluding carboxylic acids is 1. The first kappa shape index (κ1) is 21.3. The second-order valence-electron chi connectivity index (χ2n) is 8.77. The number of aryl methyl sites for hydroxylation is 1. The van der Waals surface area contributed by atoms with Crippen molar-refractivity contribution < 1.29 is 14.3 Å². The van der Waals surface area contributed by atoms with Gasteiger partial charge < -0.3 is 19.7 Å². The molecule has 0 bridgehead atoms. The van der Waals surface area contributed by atoms with Gasteiger partial charge in [-0.3, -0.25) is 4.79 Å². The minimum atomic E-state index is -0.622. The molecular weight excluding hydrogens is 388 g/mol. The average Bonchev–Trinajstić information content (AvgIpc) is 2.92. The van der Waals surface area contributed by atoms with Crippen LogP contribution < -0.4 is 19.7 Å². The first-order valence-corrected chi connectivity index (χ1v) is 11.1. The SMILES string of the molecule is CCOc1ccc(C=CC23NC(=O)CCN2c2ccc(C)cc2C3(C)C)cc1OCC.